The molecule has 0 aliphatic rings. The SMILES string of the molecule is CC[C@H](C)[C@H](NC(=O)NCc1ccccc1)c1nc2ccccc2[nH]1. The third-order valence-corrected chi connectivity index (χ3v) is 4.50. The number of urea groups is 1. The van der Waals surface area contributed by atoms with E-state index in [1.165, 1.54) is 0 Å². The van der Waals surface area contributed by atoms with E-state index in [1.807, 2.05) is 54.6 Å². The summed E-state index contributed by atoms with van der Waals surface area (Å²) in [4.78, 5) is 20.4. The minimum absolute atomic E-state index is 0.159. The third-order valence-electron chi connectivity index (χ3n) is 4.50. The molecular formula is C20H24N4O. The Bertz CT molecular complexity index is 795. The lowest BCUT2D eigenvalue weighted by Crippen LogP contribution is -2.40. The molecule has 3 rings (SSSR count). The fourth-order valence-electron chi connectivity index (χ4n) is 2.81. The zero-order valence-electron chi connectivity index (χ0n) is 14.6. The molecule has 0 saturated heterocycles. The van der Waals surface area contributed by atoms with Crippen LogP contribution in [0.2, 0.25) is 0 Å². The molecule has 5 heteroatoms. The second-order valence-electron chi connectivity index (χ2n) is 6.32. The van der Waals surface area contributed by atoms with Crippen LogP contribution in [0.25, 0.3) is 11.0 Å². The van der Waals surface area contributed by atoms with Crippen molar-refractivity contribution in [2.75, 3.05) is 0 Å². The number of nitrogens with one attached hydrogen (secondary N) is 3. The molecule has 0 fully saturated rings. The number of nitrogens with zero attached hydrogens (tertiary/aromatic N) is 1. The van der Waals surface area contributed by atoms with Crippen LogP contribution < -0.4 is 10.6 Å². The molecule has 0 saturated carbocycles. The Morgan fingerprint density at radius 2 is 1.84 bits per heavy atom. The average molecular weight is 336 g/mol. The molecular weight excluding hydrogens is 312 g/mol. The van der Waals surface area contributed by atoms with Crippen LogP contribution >= 0.6 is 0 Å². The van der Waals surface area contributed by atoms with Crippen LogP contribution in [0.1, 0.15) is 37.7 Å². The number of imidazole rings is 1. The molecule has 0 unspecified atom stereocenters. The fraction of sp³-hybridized carbons (Fsp3) is 0.300. The molecule has 0 spiro atoms. The average Bonchev–Trinajstić information content (AvgIpc) is 3.08. The Kier molecular flexibility index (Phi) is 5.33. The van der Waals surface area contributed by atoms with Crippen LogP contribution in [-0.2, 0) is 6.54 Å². The molecule has 0 radical (unpaired) electrons. The number of rotatable bonds is 6. The van der Waals surface area contributed by atoms with Gasteiger partial charge in [0.15, 0.2) is 0 Å². The highest BCUT2D eigenvalue weighted by molar-refractivity contribution is 5.76. The van der Waals surface area contributed by atoms with Crippen LogP contribution in [0, 0.1) is 5.92 Å². The van der Waals surface area contributed by atoms with Crippen molar-refractivity contribution in [2.45, 2.75) is 32.9 Å². The van der Waals surface area contributed by atoms with Gasteiger partial charge in [0, 0.05) is 6.54 Å². The predicted molar refractivity (Wildman–Crippen MR) is 100 cm³/mol. The molecule has 3 N–H and O–H groups in total. The zero-order valence-corrected chi connectivity index (χ0v) is 14.6. The molecule has 0 aliphatic heterocycles. The van der Waals surface area contributed by atoms with Crippen molar-refractivity contribution in [1.29, 1.82) is 0 Å². The molecule has 5 nitrogen and oxygen atoms in total. The van der Waals surface area contributed by atoms with Crippen molar-refractivity contribution >= 4 is 17.1 Å². The minimum atomic E-state index is -0.186. The largest absolute Gasteiger partial charge is 0.340 e. The molecule has 3 aromatic rings. The van der Waals surface area contributed by atoms with Gasteiger partial charge >= 0.3 is 6.03 Å². The van der Waals surface area contributed by atoms with Crippen LogP contribution in [-0.4, -0.2) is 16.0 Å². The maximum Gasteiger partial charge on any atom is 0.315 e. The first-order valence-electron chi connectivity index (χ1n) is 8.70. The van der Waals surface area contributed by atoms with Gasteiger partial charge < -0.3 is 15.6 Å². The lowest BCUT2D eigenvalue weighted by Gasteiger charge is -2.22. The Hall–Kier alpha value is -2.82. The van der Waals surface area contributed by atoms with Crippen LogP contribution in [0.5, 0.6) is 0 Å². The highest BCUT2D eigenvalue weighted by Crippen LogP contribution is 2.24. The number of amides is 2. The summed E-state index contributed by atoms with van der Waals surface area (Å²) in [6, 6.07) is 17.4. The molecule has 130 valence electrons. The van der Waals surface area contributed by atoms with Gasteiger partial charge in [-0.15, -0.1) is 0 Å². The summed E-state index contributed by atoms with van der Waals surface area (Å²) < 4.78 is 0. The summed E-state index contributed by atoms with van der Waals surface area (Å²) in [6.45, 7) is 4.74. The Labute approximate surface area is 147 Å². The number of hydrogen-bond acceptors (Lipinski definition) is 2. The van der Waals surface area contributed by atoms with Gasteiger partial charge in [0.1, 0.15) is 5.82 Å². The second-order valence-corrected chi connectivity index (χ2v) is 6.32. The van der Waals surface area contributed by atoms with E-state index in [0.29, 0.717) is 6.54 Å². The number of carbonyl (C=O) groups is 1. The number of H-pyrrole nitrogens is 1. The highest BCUT2D eigenvalue weighted by atomic mass is 16.2. The lowest BCUT2D eigenvalue weighted by molar-refractivity contribution is 0.230. The number of carbonyl (C=O) groups excluding carboxylic acids is 1. The summed E-state index contributed by atoms with van der Waals surface area (Å²) in [5.41, 5.74) is 2.97. The Morgan fingerprint density at radius 1 is 1.12 bits per heavy atom. The number of aromatic amines is 1. The maximum atomic E-state index is 12.4. The minimum Gasteiger partial charge on any atom is -0.340 e. The van der Waals surface area contributed by atoms with Gasteiger partial charge in [-0.3, -0.25) is 0 Å². The van der Waals surface area contributed by atoms with E-state index < -0.39 is 0 Å². The first kappa shape index (κ1) is 17.0. The Morgan fingerprint density at radius 3 is 2.56 bits per heavy atom. The summed E-state index contributed by atoms with van der Waals surface area (Å²) in [7, 11) is 0. The van der Waals surface area contributed by atoms with Gasteiger partial charge in [0.25, 0.3) is 0 Å². The van der Waals surface area contributed by atoms with Crippen molar-refractivity contribution in [3.05, 3.63) is 66.0 Å². The van der Waals surface area contributed by atoms with E-state index in [1.54, 1.807) is 0 Å². The molecule has 25 heavy (non-hydrogen) atoms. The third kappa shape index (κ3) is 4.18. The van der Waals surface area contributed by atoms with Crippen molar-refractivity contribution < 1.29 is 4.79 Å². The standard InChI is InChI=1S/C20H24N4O/c1-3-14(2)18(19-22-16-11-7-8-12-17(16)23-19)24-20(25)21-13-15-9-5-4-6-10-15/h4-12,14,18H,3,13H2,1-2H3,(H,22,23)(H2,21,24,25)/t14-,18-/m0/s1. The van der Waals surface area contributed by atoms with Crippen molar-refractivity contribution in [2.24, 2.45) is 5.92 Å². The van der Waals surface area contributed by atoms with Crippen LogP contribution in [0.15, 0.2) is 54.6 Å². The van der Waals surface area contributed by atoms with Gasteiger partial charge in [0.05, 0.1) is 17.1 Å². The molecule has 0 aliphatic carbocycles. The lowest BCUT2D eigenvalue weighted by atomic mass is 9.99. The van der Waals surface area contributed by atoms with E-state index in [4.69, 9.17) is 0 Å². The van der Waals surface area contributed by atoms with E-state index in [9.17, 15) is 4.79 Å². The van der Waals surface area contributed by atoms with Gasteiger partial charge in [-0.05, 0) is 23.6 Å². The fourth-order valence-corrected chi connectivity index (χ4v) is 2.81. The van der Waals surface area contributed by atoms with Gasteiger partial charge in [-0.2, -0.15) is 0 Å². The van der Waals surface area contributed by atoms with E-state index in [0.717, 1.165) is 28.8 Å². The first-order chi connectivity index (χ1) is 12.2. The zero-order chi connectivity index (χ0) is 17.6. The Balaban J connectivity index is 1.71. The molecule has 0 bridgehead atoms. The molecule has 1 heterocycles. The van der Waals surface area contributed by atoms with Crippen molar-refractivity contribution in [3.8, 4) is 0 Å². The van der Waals surface area contributed by atoms with E-state index >= 15 is 0 Å². The summed E-state index contributed by atoms with van der Waals surface area (Å²) in [6.07, 6.45) is 0.945. The highest BCUT2D eigenvalue weighted by Gasteiger charge is 2.23. The van der Waals surface area contributed by atoms with E-state index in [2.05, 4.69) is 34.4 Å². The van der Waals surface area contributed by atoms with E-state index in [-0.39, 0.29) is 18.0 Å². The second kappa shape index (κ2) is 7.83. The molecule has 1 aromatic heterocycles. The van der Waals surface area contributed by atoms with Crippen LogP contribution in [0.3, 0.4) is 0 Å². The molecule has 2 amide bonds. The van der Waals surface area contributed by atoms with Gasteiger partial charge in [-0.1, -0.05) is 62.7 Å². The number of para-hydroxylation sites is 2. The topological polar surface area (TPSA) is 69.8 Å². The smallest absolute Gasteiger partial charge is 0.315 e. The number of aromatic nitrogens is 2. The van der Waals surface area contributed by atoms with Gasteiger partial charge in [-0.25, -0.2) is 9.78 Å². The molecule has 2 aromatic carbocycles. The van der Waals surface area contributed by atoms with Crippen molar-refractivity contribution in [3.63, 3.8) is 0 Å². The number of benzene rings is 2. The molecule has 2 atom stereocenters. The monoisotopic (exact) mass is 336 g/mol. The summed E-state index contributed by atoms with van der Waals surface area (Å²) in [5, 5.41) is 5.99. The van der Waals surface area contributed by atoms with Crippen molar-refractivity contribution in [1.82, 2.24) is 20.6 Å². The predicted octanol–water partition coefficient (Wildman–Crippen LogP) is 4.15. The first-order valence-corrected chi connectivity index (χ1v) is 8.70. The number of hydrogen-bond donors (Lipinski definition) is 3. The van der Waals surface area contributed by atoms with Gasteiger partial charge in [0.2, 0.25) is 0 Å². The number of fused-ring (bicyclic) bond motifs is 1. The van der Waals surface area contributed by atoms with Crippen LogP contribution in [0.4, 0.5) is 4.79 Å². The maximum absolute atomic E-state index is 12.4. The summed E-state index contributed by atoms with van der Waals surface area (Å²) >= 11 is 0. The quantitative estimate of drug-likeness (QED) is 0.633. The normalized spacial score (nSPS) is 13.4. The summed E-state index contributed by atoms with van der Waals surface area (Å²) in [5.74, 6) is 1.06.